The molecule has 13 heteroatoms. The summed E-state index contributed by atoms with van der Waals surface area (Å²) < 4.78 is 31.2. The van der Waals surface area contributed by atoms with Crippen LogP contribution in [0.2, 0.25) is 0 Å². The molecule has 2 N–H and O–H groups in total. The number of carboxylic acids is 2. The third kappa shape index (κ3) is 15.3. The lowest BCUT2D eigenvalue weighted by Crippen LogP contribution is -2.42. The second kappa shape index (κ2) is 25.9. The lowest BCUT2D eigenvalue weighted by molar-refractivity contribution is -0.138. The molecule has 0 fully saturated rings. The minimum Gasteiger partial charge on any atom is -0.493 e. The Morgan fingerprint density at radius 2 is 1.07 bits per heavy atom. The van der Waals surface area contributed by atoms with Gasteiger partial charge in [-0.3, -0.25) is 28.9 Å². The van der Waals surface area contributed by atoms with Crippen LogP contribution < -0.4 is 14.4 Å². The first-order valence-electron chi connectivity index (χ1n) is 23.1. The molecule has 13 nitrogen and oxygen atoms in total. The van der Waals surface area contributed by atoms with Gasteiger partial charge in [0.2, 0.25) is 5.91 Å². The highest BCUT2D eigenvalue weighted by Gasteiger charge is 2.29. The molecule has 6 aromatic rings. The third-order valence-corrected chi connectivity index (χ3v) is 10.5. The van der Waals surface area contributed by atoms with Crippen LogP contribution in [0.25, 0.3) is 22.6 Å². The summed E-state index contributed by atoms with van der Waals surface area (Å²) in [6.45, 7) is 8.18. The molecule has 4 aromatic carbocycles. The average molecular weight is 914 g/mol. The van der Waals surface area contributed by atoms with Crippen molar-refractivity contribution in [2.45, 2.75) is 97.5 Å². The fourth-order valence-corrected chi connectivity index (χ4v) is 7.14. The number of aliphatic carboxylic acids is 2. The number of para-hydroxylation sites is 2. The summed E-state index contributed by atoms with van der Waals surface area (Å²) in [5, 5.41) is 17.4. The van der Waals surface area contributed by atoms with Crippen molar-refractivity contribution in [1.29, 1.82) is 0 Å². The van der Waals surface area contributed by atoms with Gasteiger partial charge in [0.05, 0.1) is 37.7 Å². The van der Waals surface area contributed by atoms with E-state index in [0.29, 0.717) is 85.0 Å². The Kier molecular flexibility index (Phi) is 19.0. The molecule has 2 heterocycles. The molecule has 0 aliphatic carbocycles. The van der Waals surface area contributed by atoms with Crippen molar-refractivity contribution in [2.75, 3.05) is 18.1 Å². The number of nitrogens with zero attached hydrogens (tertiary/aromatic N) is 2. The predicted molar refractivity (Wildman–Crippen MR) is 256 cm³/mol. The van der Waals surface area contributed by atoms with E-state index in [1.54, 1.807) is 104 Å². The number of rotatable bonds is 23. The number of imide groups is 1. The largest absolute Gasteiger partial charge is 0.493 e. The molecule has 6 rings (SSSR count). The molecule has 0 spiro atoms. The summed E-state index contributed by atoms with van der Waals surface area (Å²) >= 11 is 0. The van der Waals surface area contributed by atoms with Crippen molar-refractivity contribution in [2.24, 2.45) is 0 Å². The molecular weight excluding hydrogens is 853 g/mol. The van der Waals surface area contributed by atoms with E-state index in [2.05, 4.69) is 0 Å². The normalized spacial score (nSPS) is 11.5. The maximum Gasteiger partial charge on any atom is 0.303 e. The molecule has 0 saturated heterocycles. The lowest BCUT2D eigenvalue weighted by atomic mass is 10.1. The van der Waals surface area contributed by atoms with Crippen LogP contribution in [0.5, 0.6) is 11.5 Å². The van der Waals surface area contributed by atoms with Gasteiger partial charge in [-0.2, -0.15) is 0 Å². The van der Waals surface area contributed by atoms with E-state index in [4.69, 9.17) is 29.9 Å². The quantitative estimate of drug-likeness (QED) is 0.0462. The highest BCUT2D eigenvalue weighted by molar-refractivity contribution is 6.11. The summed E-state index contributed by atoms with van der Waals surface area (Å²) in [6, 6.07) is 35.3. The molecule has 0 saturated carbocycles. The van der Waals surface area contributed by atoms with Gasteiger partial charge in [0, 0.05) is 54.2 Å². The number of anilines is 1. The molecule has 67 heavy (non-hydrogen) atoms. The molecule has 0 bridgehead atoms. The molecule has 1 unspecified atom stereocenters. The monoisotopic (exact) mass is 913 g/mol. The standard InChI is InChI=1S/C27H29NO6.C27H31NO5/c1-19(2)28(26(31)21-15-13-20(14-16-21)23-11-8-18-33-23)27(32)22-9-5-6-10-24(22)34-17-7-3-4-12-25(29)30;1-20(2)28(23-15-13-21(14-16-23)24-11-8-18-33-24)26(29)19-22-9-5-6-10-25(22)32-17-7-3-4-12-27(30)31/h5-6,8-11,13-16,18-19H,3-4,7,12,17H2,1-2H3,(H,29,30);5-6,8-11,13-16,18,20H,3-4,7,12,17,19H2,1-2H3,(H,30,31)/i;19D. The molecular formula is C54H60N2O11. The van der Waals surface area contributed by atoms with Crippen molar-refractivity contribution >= 4 is 35.3 Å². The first kappa shape index (κ1) is 49.0. The summed E-state index contributed by atoms with van der Waals surface area (Å²) in [5.41, 5.74) is 3.68. The Labute approximate surface area is 393 Å². The van der Waals surface area contributed by atoms with Gasteiger partial charge < -0.3 is 33.4 Å². The van der Waals surface area contributed by atoms with E-state index < -0.39 is 30.1 Å². The third-order valence-electron chi connectivity index (χ3n) is 10.5. The number of amides is 3. The van der Waals surface area contributed by atoms with E-state index in [1.165, 1.54) is 4.90 Å². The molecule has 1 atom stereocenters. The smallest absolute Gasteiger partial charge is 0.303 e. The van der Waals surface area contributed by atoms with Gasteiger partial charge in [-0.25, -0.2) is 0 Å². The number of hydrogen-bond donors (Lipinski definition) is 2. The van der Waals surface area contributed by atoms with Crippen molar-refractivity contribution in [3.05, 3.63) is 151 Å². The van der Waals surface area contributed by atoms with Crippen LogP contribution in [0.3, 0.4) is 0 Å². The Morgan fingerprint density at radius 1 is 0.567 bits per heavy atom. The summed E-state index contributed by atoms with van der Waals surface area (Å²) in [6.07, 6.45) is 6.35. The number of unbranched alkanes of at least 4 members (excludes halogenated alkanes) is 4. The van der Waals surface area contributed by atoms with Crippen LogP contribution in [0.15, 0.2) is 143 Å². The van der Waals surface area contributed by atoms with E-state index in [9.17, 15) is 24.0 Å². The zero-order valence-electron chi connectivity index (χ0n) is 39.5. The van der Waals surface area contributed by atoms with E-state index in [-0.39, 0.29) is 30.8 Å². The fraction of sp³-hybridized carbons (Fsp3) is 0.315. The molecule has 3 amide bonds. The number of benzene rings is 4. The van der Waals surface area contributed by atoms with Gasteiger partial charge >= 0.3 is 11.9 Å². The van der Waals surface area contributed by atoms with E-state index in [0.717, 1.165) is 23.3 Å². The van der Waals surface area contributed by atoms with Crippen molar-refractivity contribution in [3.63, 3.8) is 0 Å². The average Bonchev–Trinajstić information content (AvgIpc) is 4.08. The van der Waals surface area contributed by atoms with Gasteiger partial charge in [0.1, 0.15) is 23.0 Å². The molecule has 2 aromatic heterocycles. The van der Waals surface area contributed by atoms with Crippen LogP contribution >= 0.6 is 0 Å². The van der Waals surface area contributed by atoms with Crippen molar-refractivity contribution in [1.82, 2.24) is 4.90 Å². The Bertz CT molecular complexity index is 2520. The number of hydrogen-bond acceptors (Lipinski definition) is 9. The maximum absolute atomic E-state index is 13.4. The van der Waals surface area contributed by atoms with Crippen LogP contribution in [0, 0.1) is 0 Å². The zero-order chi connectivity index (χ0) is 49.0. The van der Waals surface area contributed by atoms with Crippen LogP contribution in [-0.4, -0.2) is 70.1 Å². The molecule has 0 radical (unpaired) electrons. The van der Waals surface area contributed by atoms with Crippen molar-refractivity contribution < 1.29 is 53.9 Å². The number of ether oxygens (including phenoxy) is 2. The highest BCUT2D eigenvalue weighted by atomic mass is 16.5. The second-order valence-electron chi connectivity index (χ2n) is 16.2. The molecule has 0 aliphatic heterocycles. The summed E-state index contributed by atoms with van der Waals surface area (Å²) in [5.74, 6) is -0.420. The number of carboxylic acid groups (broad SMARTS) is 2. The number of carbonyl (C=O) groups excluding carboxylic acids is 3. The van der Waals surface area contributed by atoms with Crippen LogP contribution in [0.1, 0.15) is 107 Å². The SMILES string of the molecule is CC(C)N(C(=O)c1ccc(-c2ccco2)cc1)C(=O)c1ccccc1OCCCCCC(=O)O.[2H]C(C(=O)N(c1ccc(-c2ccco2)cc1)C(C)C)c1ccccc1OCCCCCC(=O)O. The maximum atomic E-state index is 13.4. The van der Waals surface area contributed by atoms with Gasteiger partial charge in [-0.1, -0.05) is 42.5 Å². The zero-order valence-corrected chi connectivity index (χ0v) is 38.5. The number of carbonyl (C=O) groups is 5. The lowest BCUT2D eigenvalue weighted by Gasteiger charge is -2.27. The molecule has 352 valence electrons. The van der Waals surface area contributed by atoms with Gasteiger partial charge in [-0.05, 0) is 145 Å². The highest BCUT2D eigenvalue weighted by Crippen LogP contribution is 2.28. The number of furan rings is 2. The molecule has 0 aliphatic rings. The predicted octanol–water partition coefficient (Wildman–Crippen LogP) is 11.6. The summed E-state index contributed by atoms with van der Waals surface area (Å²) in [7, 11) is 0. The second-order valence-corrected chi connectivity index (χ2v) is 16.2. The topological polar surface area (TPSA) is 177 Å². The van der Waals surface area contributed by atoms with Crippen molar-refractivity contribution in [3.8, 4) is 34.1 Å². The van der Waals surface area contributed by atoms with Crippen LogP contribution in [-0.2, 0) is 20.8 Å². The summed E-state index contributed by atoms with van der Waals surface area (Å²) in [4.78, 5) is 64.3. The van der Waals surface area contributed by atoms with Gasteiger partial charge in [0.15, 0.2) is 0 Å². The fourth-order valence-electron chi connectivity index (χ4n) is 7.14. The Hall–Kier alpha value is -7.41. The van der Waals surface area contributed by atoms with E-state index >= 15 is 0 Å². The first-order valence-corrected chi connectivity index (χ1v) is 22.5. The van der Waals surface area contributed by atoms with E-state index in [1.807, 2.05) is 62.4 Å². The minimum absolute atomic E-state index is 0.128. The first-order chi connectivity index (χ1) is 32.8. The Morgan fingerprint density at radius 3 is 1.58 bits per heavy atom. The minimum atomic E-state index is -1.14. The van der Waals surface area contributed by atoms with Crippen LogP contribution in [0.4, 0.5) is 5.69 Å². The van der Waals surface area contributed by atoms with Gasteiger partial charge in [0.25, 0.3) is 11.8 Å². The van der Waals surface area contributed by atoms with Gasteiger partial charge in [-0.15, -0.1) is 0 Å². The Balaban J connectivity index is 0.000000254.